The highest BCUT2D eigenvalue weighted by Gasteiger charge is 2.44. The first-order valence-electron chi connectivity index (χ1n) is 11.6. The first kappa shape index (κ1) is 22.6. The molecule has 3 aromatic rings. The van der Waals surface area contributed by atoms with E-state index in [1.54, 1.807) is 7.05 Å². The van der Waals surface area contributed by atoms with Crippen LogP contribution in [0.15, 0.2) is 54.7 Å². The molecule has 0 saturated heterocycles. The molecule has 0 aliphatic heterocycles. The van der Waals surface area contributed by atoms with Crippen LogP contribution in [-0.2, 0) is 16.6 Å². The third kappa shape index (κ3) is 4.14. The molecule has 0 spiro atoms. The lowest BCUT2D eigenvalue weighted by Crippen LogP contribution is -2.55. The molecule has 0 radical (unpaired) electrons. The van der Waals surface area contributed by atoms with Crippen LogP contribution in [0.5, 0.6) is 0 Å². The zero-order valence-corrected chi connectivity index (χ0v) is 19.3. The Morgan fingerprint density at radius 2 is 1.66 bits per heavy atom. The highest BCUT2D eigenvalue weighted by atomic mass is 16.5. The van der Waals surface area contributed by atoms with Crippen molar-refractivity contribution in [2.45, 2.75) is 37.1 Å². The summed E-state index contributed by atoms with van der Waals surface area (Å²) in [5, 5.41) is 18.7. The molecule has 9 heteroatoms. The molecule has 2 amide bonds. The third-order valence-corrected chi connectivity index (χ3v) is 6.86. The zero-order chi connectivity index (χ0) is 24.6. The summed E-state index contributed by atoms with van der Waals surface area (Å²) >= 11 is 0. The Labute approximate surface area is 202 Å². The largest absolute Gasteiger partial charge is 0.476 e. The number of rotatable bonds is 6. The number of anilines is 1. The van der Waals surface area contributed by atoms with Gasteiger partial charge in [0.25, 0.3) is 0 Å². The fourth-order valence-electron chi connectivity index (χ4n) is 5.20. The normalized spacial score (nSPS) is 15.8. The predicted molar refractivity (Wildman–Crippen MR) is 128 cm³/mol. The number of carbonyl (C=O) groups excluding carboxylic acids is 2. The molecule has 1 heterocycles. The molecule has 3 N–H and O–H groups in total. The first-order valence-corrected chi connectivity index (χ1v) is 11.6. The monoisotopic (exact) mass is 474 g/mol. The molecular formula is C26H26N4O5. The number of aromatic nitrogens is 2. The lowest BCUT2D eigenvalue weighted by atomic mass is 9.96. The SMILES string of the molecule is Cn1cc(NC(=O)C2(NC(=O)OCC3c4ccccc4-c4ccccc43)CCCC2)c(C(=O)O)n1. The number of carboxylic acids is 1. The average Bonchev–Trinajstić information content (AvgIpc) is 3.54. The Bertz CT molecular complexity index is 1260. The Morgan fingerprint density at radius 3 is 2.26 bits per heavy atom. The van der Waals surface area contributed by atoms with Gasteiger partial charge in [0.05, 0.1) is 5.69 Å². The molecule has 2 aromatic carbocycles. The number of alkyl carbamates (subject to hydrolysis) is 1. The molecule has 9 nitrogen and oxygen atoms in total. The second kappa shape index (κ2) is 8.90. The number of nitrogens with zero attached hydrogens (tertiary/aromatic N) is 2. The summed E-state index contributed by atoms with van der Waals surface area (Å²) in [5.41, 5.74) is 3.14. The van der Waals surface area contributed by atoms with E-state index in [2.05, 4.69) is 27.9 Å². The summed E-state index contributed by atoms with van der Waals surface area (Å²) in [5.74, 6) is -1.81. The molecule has 180 valence electrons. The van der Waals surface area contributed by atoms with Crippen molar-refractivity contribution in [3.8, 4) is 11.1 Å². The molecule has 0 atom stereocenters. The molecule has 2 aliphatic rings. The van der Waals surface area contributed by atoms with E-state index in [9.17, 15) is 19.5 Å². The lowest BCUT2D eigenvalue weighted by Gasteiger charge is -2.28. The fraction of sp³-hybridized carbons (Fsp3) is 0.308. The van der Waals surface area contributed by atoms with Crippen molar-refractivity contribution >= 4 is 23.7 Å². The van der Waals surface area contributed by atoms with Gasteiger partial charge in [-0.15, -0.1) is 0 Å². The summed E-state index contributed by atoms with van der Waals surface area (Å²) in [6, 6.07) is 16.1. The van der Waals surface area contributed by atoms with Crippen LogP contribution >= 0.6 is 0 Å². The van der Waals surface area contributed by atoms with Gasteiger partial charge in [-0.1, -0.05) is 61.4 Å². The van der Waals surface area contributed by atoms with Gasteiger partial charge in [0.1, 0.15) is 12.1 Å². The van der Waals surface area contributed by atoms with E-state index in [0.29, 0.717) is 12.8 Å². The van der Waals surface area contributed by atoms with Gasteiger partial charge in [0, 0.05) is 19.2 Å². The van der Waals surface area contributed by atoms with Crippen molar-refractivity contribution in [3.05, 3.63) is 71.5 Å². The van der Waals surface area contributed by atoms with Crippen molar-refractivity contribution < 1.29 is 24.2 Å². The van der Waals surface area contributed by atoms with Crippen molar-refractivity contribution in [3.63, 3.8) is 0 Å². The zero-order valence-electron chi connectivity index (χ0n) is 19.3. The van der Waals surface area contributed by atoms with Crippen LogP contribution in [0, 0.1) is 0 Å². The molecule has 0 unspecified atom stereocenters. The van der Waals surface area contributed by atoms with Crippen molar-refractivity contribution in [2.75, 3.05) is 11.9 Å². The predicted octanol–water partition coefficient (Wildman–Crippen LogP) is 3.91. The quantitative estimate of drug-likeness (QED) is 0.498. The molecule has 1 saturated carbocycles. The smallest absolute Gasteiger partial charge is 0.408 e. The Kier molecular flexibility index (Phi) is 5.76. The molecule has 5 rings (SSSR count). The van der Waals surface area contributed by atoms with Gasteiger partial charge in [0.2, 0.25) is 5.91 Å². The van der Waals surface area contributed by atoms with Crippen LogP contribution in [0.4, 0.5) is 10.5 Å². The van der Waals surface area contributed by atoms with E-state index in [0.717, 1.165) is 35.1 Å². The van der Waals surface area contributed by atoms with Gasteiger partial charge in [-0.2, -0.15) is 5.10 Å². The van der Waals surface area contributed by atoms with Crippen LogP contribution in [0.2, 0.25) is 0 Å². The number of hydrogen-bond donors (Lipinski definition) is 3. The second-order valence-electron chi connectivity index (χ2n) is 9.06. The summed E-state index contributed by atoms with van der Waals surface area (Å²) < 4.78 is 6.97. The summed E-state index contributed by atoms with van der Waals surface area (Å²) in [4.78, 5) is 37.6. The van der Waals surface area contributed by atoms with E-state index in [1.165, 1.54) is 10.9 Å². The summed E-state index contributed by atoms with van der Waals surface area (Å²) in [7, 11) is 1.57. The molecular weight excluding hydrogens is 448 g/mol. The maximum Gasteiger partial charge on any atom is 0.408 e. The summed E-state index contributed by atoms with van der Waals surface area (Å²) in [6.07, 6.45) is 3.15. The van der Waals surface area contributed by atoms with Crippen molar-refractivity contribution in [1.29, 1.82) is 0 Å². The van der Waals surface area contributed by atoms with Crippen molar-refractivity contribution in [2.24, 2.45) is 7.05 Å². The van der Waals surface area contributed by atoms with Gasteiger partial charge >= 0.3 is 12.1 Å². The maximum absolute atomic E-state index is 13.2. The summed E-state index contributed by atoms with van der Waals surface area (Å²) in [6.45, 7) is 0.142. The van der Waals surface area contributed by atoms with Crippen LogP contribution in [-0.4, -0.2) is 45.0 Å². The van der Waals surface area contributed by atoms with Crippen LogP contribution in [0.3, 0.4) is 0 Å². The van der Waals surface area contributed by atoms with E-state index in [1.807, 2.05) is 36.4 Å². The fourth-order valence-corrected chi connectivity index (χ4v) is 5.20. The minimum absolute atomic E-state index is 0.0879. The number of amides is 2. The van der Waals surface area contributed by atoms with E-state index in [4.69, 9.17) is 4.74 Å². The highest BCUT2D eigenvalue weighted by molar-refractivity contribution is 6.04. The average molecular weight is 475 g/mol. The number of carboxylic acid groups (broad SMARTS) is 1. The van der Waals surface area contributed by atoms with Gasteiger partial charge in [0.15, 0.2) is 5.69 Å². The lowest BCUT2D eigenvalue weighted by molar-refractivity contribution is -0.122. The van der Waals surface area contributed by atoms with Gasteiger partial charge in [-0.25, -0.2) is 9.59 Å². The molecule has 1 fully saturated rings. The topological polar surface area (TPSA) is 123 Å². The number of benzene rings is 2. The second-order valence-corrected chi connectivity index (χ2v) is 9.06. The Morgan fingerprint density at radius 1 is 1.06 bits per heavy atom. The number of aryl methyl sites for hydroxylation is 1. The van der Waals surface area contributed by atoms with E-state index >= 15 is 0 Å². The highest BCUT2D eigenvalue weighted by Crippen LogP contribution is 2.44. The standard InChI is InChI=1S/C26H26N4O5/c1-30-14-21(22(29-30)23(31)32)27-24(33)26(12-6-7-13-26)28-25(34)35-15-20-18-10-4-2-8-16(18)17-9-3-5-11-19(17)20/h2-5,8-11,14,20H,6-7,12-13,15H2,1H3,(H,27,33)(H,28,34)(H,31,32). The van der Waals surface area contributed by atoms with Crippen molar-refractivity contribution in [1.82, 2.24) is 15.1 Å². The number of ether oxygens (including phenoxy) is 1. The first-order chi connectivity index (χ1) is 16.9. The molecule has 1 aromatic heterocycles. The van der Waals surface area contributed by atoms with Crippen LogP contribution < -0.4 is 10.6 Å². The van der Waals surface area contributed by atoms with Gasteiger partial charge in [-0.05, 0) is 35.1 Å². The number of fused-ring (bicyclic) bond motifs is 3. The number of nitrogens with one attached hydrogen (secondary N) is 2. The minimum Gasteiger partial charge on any atom is -0.476 e. The Balaban J connectivity index is 1.30. The number of aromatic carboxylic acids is 1. The van der Waals surface area contributed by atoms with Gasteiger partial charge < -0.3 is 20.5 Å². The third-order valence-electron chi connectivity index (χ3n) is 6.86. The molecule has 35 heavy (non-hydrogen) atoms. The number of carbonyl (C=O) groups is 3. The molecule has 0 bridgehead atoms. The maximum atomic E-state index is 13.2. The van der Waals surface area contributed by atoms with E-state index in [-0.39, 0.29) is 23.9 Å². The van der Waals surface area contributed by atoms with Gasteiger partial charge in [-0.3, -0.25) is 9.48 Å². The minimum atomic E-state index is -1.24. The molecule has 2 aliphatic carbocycles. The Hall–Kier alpha value is -4.14. The van der Waals surface area contributed by atoms with E-state index < -0.39 is 23.5 Å². The number of hydrogen-bond acceptors (Lipinski definition) is 5. The van der Waals surface area contributed by atoms with Crippen LogP contribution in [0.1, 0.15) is 53.2 Å². The van der Waals surface area contributed by atoms with Crippen LogP contribution in [0.25, 0.3) is 11.1 Å².